The van der Waals surface area contributed by atoms with Gasteiger partial charge in [-0.15, -0.1) is 0 Å². The van der Waals surface area contributed by atoms with Gasteiger partial charge in [-0.1, -0.05) is 31.7 Å². The number of fused-ring (bicyclic) bond motifs is 7. The van der Waals surface area contributed by atoms with Crippen molar-refractivity contribution < 1.29 is 43.2 Å². The molecule has 2 bridgehead atoms. The Labute approximate surface area is 209 Å². The van der Waals surface area contributed by atoms with E-state index in [0.29, 0.717) is 19.3 Å². The summed E-state index contributed by atoms with van der Waals surface area (Å²) in [6, 6.07) is 0. The highest BCUT2D eigenvalue weighted by atomic mass is 16.8. The van der Waals surface area contributed by atoms with E-state index >= 15 is 0 Å². The van der Waals surface area contributed by atoms with E-state index in [1.165, 1.54) is 0 Å². The van der Waals surface area contributed by atoms with E-state index in [1.807, 2.05) is 45.9 Å². The Bertz CT molecular complexity index is 1150. The first-order chi connectivity index (χ1) is 16.8. The number of allylic oxidation sites excluding steroid dienone is 2. The molecule has 5 aliphatic rings. The van der Waals surface area contributed by atoms with E-state index in [9.17, 15) is 24.3 Å². The molecule has 9 atom stereocenters. The topological polar surface area (TPSA) is 125 Å². The minimum absolute atomic E-state index is 0.153. The summed E-state index contributed by atoms with van der Waals surface area (Å²) in [5.74, 6) is -7.37. The van der Waals surface area contributed by atoms with Gasteiger partial charge in [0.2, 0.25) is 5.79 Å². The van der Waals surface area contributed by atoms with Crippen LogP contribution < -0.4 is 0 Å². The Morgan fingerprint density at radius 1 is 1.19 bits per heavy atom. The summed E-state index contributed by atoms with van der Waals surface area (Å²) < 4.78 is 24.3. The molecule has 1 saturated carbocycles. The van der Waals surface area contributed by atoms with Gasteiger partial charge < -0.3 is 24.1 Å². The molecule has 4 fully saturated rings. The second kappa shape index (κ2) is 7.61. The molecule has 1 N–H and O–H groups in total. The highest BCUT2D eigenvalue weighted by molar-refractivity contribution is 6.21. The number of carboxylic acid groups (broad SMARTS) is 1. The molecular weight excluding hydrogens is 468 g/mol. The second-order valence-electron chi connectivity index (χ2n) is 11.1. The molecule has 9 nitrogen and oxygen atoms in total. The number of carboxylic acids is 1. The van der Waals surface area contributed by atoms with Crippen LogP contribution in [0.4, 0.5) is 0 Å². The number of cyclic esters (lactones) is 1. The standard InChI is InChI=1S/C27H32O9/c1-7-13(2)21-25(6)19-11-9-16-12-17(22(30)31)8-10-18(16)24(19,5)27(35-21,36-25)26(34-15(4)28)20(29)14(3)33-23(26)32/h7,9,11,16-19,21H,3,8,10,12H2,1-2,4-6H3,(H,30,31). The van der Waals surface area contributed by atoms with Gasteiger partial charge in [0.25, 0.3) is 5.78 Å². The Balaban J connectivity index is 1.77. The van der Waals surface area contributed by atoms with Crippen LogP contribution in [0.25, 0.3) is 0 Å². The summed E-state index contributed by atoms with van der Waals surface area (Å²) in [6.45, 7) is 12.2. The molecule has 3 aliphatic heterocycles. The molecule has 0 amide bonds. The SMILES string of the molecule is C=C1OC(=O)C(OC(C)=O)(C23OC(C(C)=CC)C(C)(O2)C2C=CC4CC(C(=O)O)CCC4C23C)C1=O. The Kier molecular flexibility index (Phi) is 5.27. The van der Waals surface area contributed by atoms with Crippen LogP contribution in [-0.2, 0) is 38.1 Å². The van der Waals surface area contributed by atoms with Crippen molar-refractivity contribution in [2.75, 3.05) is 0 Å². The number of carbonyl (C=O) groups is 4. The summed E-state index contributed by atoms with van der Waals surface area (Å²) in [7, 11) is 0. The van der Waals surface area contributed by atoms with Crippen LogP contribution in [0, 0.1) is 29.1 Å². The third-order valence-corrected chi connectivity index (χ3v) is 9.42. The minimum Gasteiger partial charge on any atom is -0.481 e. The van der Waals surface area contributed by atoms with Gasteiger partial charge in [0.15, 0.2) is 5.76 Å². The first-order valence-corrected chi connectivity index (χ1v) is 12.4. The molecule has 3 saturated heterocycles. The van der Waals surface area contributed by atoms with Gasteiger partial charge >= 0.3 is 23.5 Å². The second-order valence-corrected chi connectivity index (χ2v) is 11.1. The lowest BCUT2D eigenvalue weighted by Gasteiger charge is -2.59. The highest BCUT2D eigenvalue weighted by Crippen LogP contribution is 2.74. The number of Topliss-reactive ketones (excluding diaryl/α,β-unsaturated/α-hetero) is 1. The first kappa shape index (κ1) is 24.9. The average molecular weight is 501 g/mol. The zero-order valence-electron chi connectivity index (χ0n) is 21.2. The van der Waals surface area contributed by atoms with Crippen LogP contribution in [0.3, 0.4) is 0 Å². The van der Waals surface area contributed by atoms with Gasteiger partial charge in [-0.05, 0) is 57.4 Å². The van der Waals surface area contributed by atoms with Gasteiger partial charge in [0.1, 0.15) is 11.7 Å². The predicted octanol–water partition coefficient (Wildman–Crippen LogP) is 3.09. The van der Waals surface area contributed by atoms with Crippen molar-refractivity contribution >= 4 is 23.7 Å². The first-order valence-electron chi connectivity index (χ1n) is 12.4. The summed E-state index contributed by atoms with van der Waals surface area (Å²) in [5, 5.41) is 9.66. The smallest absolute Gasteiger partial charge is 0.370 e. The van der Waals surface area contributed by atoms with Crippen molar-refractivity contribution in [2.45, 2.75) is 77.0 Å². The zero-order chi connectivity index (χ0) is 26.4. The number of carbonyl (C=O) groups excluding carboxylic acids is 3. The number of ketones is 1. The largest absolute Gasteiger partial charge is 0.481 e. The highest BCUT2D eigenvalue weighted by Gasteiger charge is 2.90. The summed E-state index contributed by atoms with van der Waals surface area (Å²) >= 11 is 0. The maximum absolute atomic E-state index is 13.7. The quantitative estimate of drug-likeness (QED) is 0.268. The number of hydrogen-bond acceptors (Lipinski definition) is 8. The molecular formula is C27H32O9. The summed E-state index contributed by atoms with van der Waals surface area (Å²) in [4.78, 5) is 51.5. The van der Waals surface area contributed by atoms with Crippen molar-refractivity contribution in [1.29, 1.82) is 0 Å². The van der Waals surface area contributed by atoms with Gasteiger partial charge in [-0.2, -0.15) is 0 Å². The molecule has 3 heterocycles. The van der Waals surface area contributed by atoms with E-state index < -0.39 is 63.9 Å². The van der Waals surface area contributed by atoms with Gasteiger partial charge in [-0.25, -0.2) is 4.79 Å². The fourth-order valence-electron chi connectivity index (χ4n) is 7.84. The third-order valence-electron chi connectivity index (χ3n) is 9.42. The van der Waals surface area contributed by atoms with E-state index in [-0.39, 0.29) is 17.8 Å². The maximum atomic E-state index is 13.7. The van der Waals surface area contributed by atoms with Crippen molar-refractivity contribution in [2.24, 2.45) is 29.1 Å². The Morgan fingerprint density at radius 3 is 2.44 bits per heavy atom. The van der Waals surface area contributed by atoms with Gasteiger partial charge in [0.05, 0.1) is 5.92 Å². The van der Waals surface area contributed by atoms with Crippen molar-refractivity contribution in [3.8, 4) is 0 Å². The molecule has 0 aromatic carbocycles. The third kappa shape index (κ3) is 2.68. The molecule has 9 unspecified atom stereocenters. The zero-order valence-corrected chi connectivity index (χ0v) is 21.2. The van der Waals surface area contributed by atoms with Crippen LogP contribution in [0.15, 0.2) is 36.1 Å². The average Bonchev–Trinajstić information content (AvgIpc) is 3.34. The monoisotopic (exact) mass is 500 g/mol. The van der Waals surface area contributed by atoms with Gasteiger partial charge in [0, 0.05) is 18.3 Å². The number of ether oxygens (including phenoxy) is 4. The molecule has 5 rings (SSSR count). The van der Waals surface area contributed by atoms with Crippen molar-refractivity contribution in [3.05, 3.63) is 36.1 Å². The fourth-order valence-corrected chi connectivity index (χ4v) is 7.84. The Morgan fingerprint density at radius 2 is 1.89 bits per heavy atom. The maximum Gasteiger partial charge on any atom is 0.370 e. The lowest BCUT2D eigenvalue weighted by atomic mass is 9.47. The molecule has 0 spiro atoms. The van der Waals surface area contributed by atoms with Crippen LogP contribution in [0.5, 0.6) is 0 Å². The summed E-state index contributed by atoms with van der Waals surface area (Å²) in [6.07, 6.45) is 6.65. The molecule has 0 aromatic heterocycles. The number of rotatable bonds is 4. The van der Waals surface area contributed by atoms with Gasteiger partial charge in [-0.3, -0.25) is 14.4 Å². The molecule has 2 aliphatic carbocycles. The van der Waals surface area contributed by atoms with Crippen LogP contribution >= 0.6 is 0 Å². The van der Waals surface area contributed by atoms with Crippen LogP contribution in [0.2, 0.25) is 0 Å². The van der Waals surface area contributed by atoms with Crippen LogP contribution in [-0.4, -0.2) is 51.9 Å². The number of hydrogen-bond donors (Lipinski definition) is 1. The number of esters is 2. The normalized spacial score (nSPS) is 47.4. The van der Waals surface area contributed by atoms with E-state index in [0.717, 1.165) is 12.5 Å². The fraction of sp³-hybridized carbons (Fsp3) is 0.630. The summed E-state index contributed by atoms with van der Waals surface area (Å²) in [5.41, 5.74) is -3.75. The molecule has 36 heavy (non-hydrogen) atoms. The lowest BCUT2D eigenvalue weighted by molar-refractivity contribution is -0.312. The molecule has 0 radical (unpaired) electrons. The number of aliphatic carboxylic acids is 1. The van der Waals surface area contributed by atoms with E-state index in [2.05, 4.69) is 6.58 Å². The van der Waals surface area contributed by atoms with E-state index in [4.69, 9.17) is 18.9 Å². The van der Waals surface area contributed by atoms with Crippen molar-refractivity contribution in [3.63, 3.8) is 0 Å². The Hall–Kier alpha value is -2.78. The molecule has 194 valence electrons. The van der Waals surface area contributed by atoms with E-state index in [1.54, 1.807) is 0 Å². The lowest BCUT2D eigenvalue weighted by Crippen LogP contribution is -2.74. The van der Waals surface area contributed by atoms with Crippen molar-refractivity contribution in [1.82, 2.24) is 0 Å². The molecule has 9 heteroatoms. The minimum atomic E-state index is -2.54. The predicted molar refractivity (Wildman–Crippen MR) is 124 cm³/mol. The van der Waals surface area contributed by atoms with Crippen LogP contribution in [0.1, 0.15) is 53.9 Å². The molecule has 0 aromatic rings.